The molecule has 0 aromatic rings. The Balaban J connectivity index is 3.18. The number of hydroxylamine groups is 1. The van der Waals surface area contributed by atoms with E-state index in [-0.39, 0.29) is 10.7 Å². The van der Waals surface area contributed by atoms with Gasteiger partial charge in [-0.05, 0) is 6.92 Å². The van der Waals surface area contributed by atoms with E-state index in [9.17, 15) is 4.79 Å². The van der Waals surface area contributed by atoms with Crippen molar-refractivity contribution in [3.8, 4) is 0 Å². The normalized spacial score (nSPS) is 12.6. The Kier molecular flexibility index (Phi) is 6.49. The standard InChI is InChI=1S/C6H12BrNO3/c1-5(7)6(9)8-11-4-3-10-2/h5H,3-4H2,1-2H3,(H,8,9). The average molecular weight is 226 g/mol. The predicted octanol–water partition coefficient (Wildman–Crippen LogP) is 0.464. The number of rotatable bonds is 5. The summed E-state index contributed by atoms with van der Waals surface area (Å²) in [4.78, 5) is 15.3. The lowest BCUT2D eigenvalue weighted by molar-refractivity contribution is -0.133. The summed E-state index contributed by atoms with van der Waals surface area (Å²) in [5.74, 6) is -0.193. The van der Waals surface area contributed by atoms with Crippen molar-refractivity contribution in [2.75, 3.05) is 20.3 Å². The molecular weight excluding hydrogens is 214 g/mol. The molecule has 66 valence electrons. The molecule has 0 fully saturated rings. The maximum Gasteiger partial charge on any atom is 0.257 e. The Hall–Kier alpha value is -0.130. The molecule has 4 nitrogen and oxygen atoms in total. The number of halogens is 1. The molecule has 0 radical (unpaired) electrons. The minimum Gasteiger partial charge on any atom is -0.382 e. The molecule has 0 spiro atoms. The molecule has 0 aromatic carbocycles. The van der Waals surface area contributed by atoms with Crippen LogP contribution in [0.2, 0.25) is 0 Å². The van der Waals surface area contributed by atoms with Crippen LogP contribution in [0.5, 0.6) is 0 Å². The van der Waals surface area contributed by atoms with Crippen molar-refractivity contribution in [1.29, 1.82) is 0 Å². The van der Waals surface area contributed by atoms with Gasteiger partial charge in [-0.2, -0.15) is 0 Å². The van der Waals surface area contributed by atoms with Gasteiger partial charge in [0.25, 0.3) is 5.91 Å². The third-order valence-electron chi connectivity index (χ3n) is 0.924. The maximum atomic E-state index is 10.8. The summed E-state index contributed by atoms with van der Waals surface area (Å²) in [5.41, 5.74) is 2.25. The Morgan fingerprint density at radius 3 is 2.73 bits per heavy atom. The van der Waals surface area contributed by atoms with Crippen molar-refractivity contribution >= 4 is 21.8 Å². The van der Waals surface area contributed by atoms with Gasteiger partial charge in [-0.1, -0.05) is 15.9 Å². The number of alkyl halides is 1. The second-order valence-corrected chi connectivity index (χ2v) is 3.30. The van der Waals surface area contributed by atoms with Crippen LogP contribution in [0.15, 0.2) is 0 Å². The second kappa shape index (κ2) is 6.57. The number of hydrogen-bond donors (Lipinski definition) is 1. The van der Waals surface area contributed by atoms with E-state index in [2.05, 4.69) is 21.4 Å². The summed E-state index contributed by atoms with van der Waals surface area (Å²) >= 11 is 3.09. The third kappa shape index (κ3) is 6.28. The van der Waals surface area contributed by atoms with Gasteiger partial charge in [0.1, 0.15) is 0 Å². The highest BCUT2D eigenvalue weighted by Crippen LogP contribution is 1.95. The molecule has 0 rings (SSSR count). The van der Waals surface area contributed by atoms with E-state index in [1.54, 1.807) is 14.0 Å². The molecule has 5 heteroatoms. The molecular formula is C6H12BrNO3. The predicted molar refractivity (Wildman–Crippen MR) is 44.4 cm³/mol. The van der Waals surface area contributed by atoms with Gasteiger partial charge in [-0.25, -0.2) is 5.48 Å². The number of carbonyl (C=O) groups is 1. The zero-order valence-corrected chi connectivity index (χ0v) is 8.18. The van der Waals surface area contributed by atoms with Crippen LogP contribution >= 0.6 is 15.9 Å². The van der Waals surface area contributed by atoms with Crippen LogP contribution in [-0.4, -0.2) is 31.1 Å². The fraction of sp³-hybridized carbons (Fsp3) is 0.833. The minimum atomic E-state index is -0.231. The molecule has 1 unspecified atom stereocenters. The summed E-state index contributed by atoms with van der Waals surface area (Å²) in [6, 6.07) is 0. The number of carbonyl (C=O) groups excluding carboxylic acids is 1. The van der Waals surface area contributed by atoms with Crippen LogP contribution in [0.3, 0.4) is 0 Å². The summed E-state index contributed by atoms with van der Waals surface area (Å²) in [7, 11) is 1.57. The Bertz CT molecular complexity index is 118. The lowest BCUT2D eigenvalue weighted by Gasteiger charge is -2.05. The van der Waals surface area contributed by atoms with Gasteiger partial charge in [0.2, 0.25) is 0 Å². The van der Waals surface area contributed by atoms with Crippen molar-refractivity contribution in [2.24, 2.45) is 0 Å². The first-order valence-corrected chi connectivity index (χ1v) is 4.14. The fourth-order valence-electron chi connectivity index (χ4n) is 0.328. The molecule has 1 N–H and O–H groups in total. The first-order valence-electron chi connectivity index (χ1n) is 3.23. The first-order chi connectivity index (χ1) is 5.18. The fourth-order valence-corrected chi connectivity index (χ4v) is 0.422. The van der Waals surface area contributed by atoms with Gasteiger partial charge >= 0.3 is 0 Å². The molecule has 0 aromatic heterocycles. The van der Waals surface area contributed by atoms with Crippen LogP contribution in [0, 0.1) is 0 Å². The summed E-state index contributed by atoms with van der Waals surface area (Å²) in [6.07, 6.45) is 0. The lowest BCUT2D eigenvalue weighted by Crippen LogP contribution is -2.30. The van der Waals surface area contributed by atoms with Crippen molar-refractivity contribution in [1.82, 2.24) is 5.48 Å². The van der Waals surface area contributed by atoms with Crippen LogP contribution in [0.25, 0.3) is 0 Å². The van der Waals surface area contributed by atoms with E-state index < -0.39 is 0 Å². The van der Waals surface area contributed by atoms with Crippen LogP contribution in [0.4, 0.5) is 0 Å². The van der Waals surface area contributed by atoms with E-state index in [1.165, 1.54) is 0 Å². The van der Waals surface area contributed by atoms with E-state index in [0.717, 1.165) is 0 Å². The average Bonchev–Trinajstić information content (AvgIpc) is 1.97. The van der Waals surface area contributed by atoms with Crippen molar-refractivity contribution in [3.05, 3.63) is 0 Å². The van der Waals surface area contributed by atoms with E-state index in [1.807, 2.05) is 0 Å². The quantitative estimate of drug-likeness (QED) is 0.421. The largest absolute Gasteiger partial charge is 0.382 e. The van der Waals surface area contributed by atoms with Crippen molar-refractivity contribution in [2.45, 2.75) is 11.8 Å². The number of ether oxygens (including phenoxy) is 1. The van der Waals surface area contributed by atoms with Crippen LogP contribution < -0.4 is 5.48 Å². The van der Waals surface area contributed by atoms with Gasteiger partial charge < -0.3 is 4.74 Å². The molecule has 0 saturated carbocycles. The topological polar surface area (TPSA) is 47.6 Å². The van der Waals surface area contributed by atoms with Gasteiger partial charge in [-0.3, -0.25) is 9.63 Å². The van der Waals surface area contributed by atoms with E-state index in [0.29, 0.717) is 13.2 Å². The maximum absolute atomic E-state index is 10.8. The van der Waals surface area contributed by atoms with Crippen LogP contribution in [0.1, 0.15) is 6.92 Å². The van der Waals surface area contributed by atoms with Crippen molar-refractivity contribution in [3.63, 3.8) is 0 Å². The highest BCUT2D eigenvalue weighted by molar-refractivity contribution is 9.10. The molecule has 0 heterocycles. The van der Waals surface area contributed by atoms with Gasteiger partial charge in [0.05, 0.1) is 18.0 Å². The Morgan fingerprint density at radius 1 is 1.64 bits per heavy atom. The molecule has 1 atom stereocenters. The highest BCUT2D eigenvalue weighted by atomic mass is 79.9. The Morgan fingerprint density at radius 2 is 2.27 bits per heavy atom. The highest BCUT2D eigenvalue weighted by Gasteiger charge is 2.06. The summed E-state index contributed by atoms with van der Waals surface area (Å²) in [6.45, 7) is 2.55. The zero-order valence-electron chi connectivity index (χ0n) is 6.59. The molecule has 11 heavy (non-hydrogen) atoms. The minimum absolute atomic E-state index is 0.193. The molecule has 0 saturated heterocycles. The molecule has 0 aliphatic heterocycles. The summed E-state index contributed by atoms with van der Waals surface area (Å²) < 4.78 is 4.70. The van der Waals surface area contributed by atoms with Gasteiger partial charge in [0, 0.05) is 7.11 Å². The lowest BCUT2D eigenvalue weighted by atomic mass is 10.5. The van der Waals surface area contributed by atoms with E-state index in [4.69, 9.17) is 9.57 Å². The molecule has 0 aliphatic rings. The smallest absolute Gasteiger partial charge is 0.257 e. The SMILES string of the molecule is COCCONC(=O)C(C)Br. The molecule has 1 amide bonds. The molecule has 0 aliphatic carbocycles. The van der Waals surface area contributed by atoms with Gasteiger partial charge in [-0.15, -0.1) is 0 Å². The number of nitrogens with one attached hydrogen (secondary N) is 1. The third-order valence-corrected chi connectivity index (χ3v) is 1.34. The molecule has 0 bridgehead atoms. The summed E-state index contributed by atoms with van der Waals surface area (Å²) in [5, 5.41) is 0. The van der Waals surface area contributed by atoms with E-state index >= 15 is 0 Å². The second-order valence-electron chi connectivity index (χ2n) is 1.92. The monoisotopic (exact) mass is 225 g/mol. The number of methoxy groups -OCH3 is 1. The Labute approximate surface area is 74.3 Å². The zero-order chi connectivity index (χ0) is 8.69. The number of hydrogen-bond acceptors (Lipinski definition) is 3. The van der Waals surface area contributed by atoms with Crippen LogP contribution in [-0.2, 0) is 14.4 Å². The number of amides is 1. The van der Waals surface area contributed by atoms with Crippen molar-refractivity contribution < 1.29 is 14.4 Å². The first kappa shape index (κ1) is 10.9. The van der Waals surface area contributed by atoms with Gasteiger partial charge in [0.15, 0.2) is 0 Å².